The number of nitrogens with zero attached hydrogens (tertiary/aromatic N) is 1. The second-order valence-corrected chi connectivity index (χ2v) is 7.15. The molecular weight excluding hydrogens is 338 g/mol. The van der Waals surface area contributed by atoms with Gasteiger partial charge in [0.1, 0.15) is 0 Å². The number of hydrogen-bond acceptors (Lipinski definition) is 3. The molecule has 1 unspecified atom stereocenters. The van der Waals surface area contributed by atoms with Gasteiger partial charge in [-0.2, -0.15) is 0 Å². The summed E-state index contributed by atoms with van der Waals surface area (Å²) < 4.78 is 0. The fourth-order valence-corrected chi connectivity index (χ4v) is 3.39. The molecule has 2 N–H and O–H groups in total. The highest BCUT2D eigenvalue weighted by Gasteiger charge is 2.27. The first-order valence-electron chi connectivity index (χ1n) is 9.47. The molecule has 0 spiro atoms. The van der Waals surface area contributed by atoms with Gasteiger partial charge >= 0.3 is 0 Å². The zero-order chi connectivity index (χ0) is 19.2. The van der Waals surface area contributed by atoms with Gasteiger partial charge in [0.2, 0.25) is 5.91 Å². The van der Waals surface area contributed by atoms with E-state index < -0.39 is 0 Å². The van der Waals surface area contributed by atoms with Crippen molar-refractivity contribution in [1.82, 2.24) is 15.5 Å². The van der Waals surface area contributed by atoms with Crippen molar-refractivity contribution < 1.29 is 9.59 Å². The monoisotopic (exact) mass is 365 g/mol. The summed E-state index contributed by atoms with van der Waals surface area (Å²) in [6.07, 6.45) is 0.256. The smallest absolute Gasteiger partial charge is 0.251 e. The Balaban J connectivity index is 1.76. The molecule has 5 nitrogen and oxygen atoms in total. The third-order valence-electron chi connectivity index (χ3n) is 5.02. The van der Waals surface area contributed by atoms with Gasteiger partial charge in [-0.05, 0) is 31.5 Å². The van der Waals surface area contributed by atoms with Crippen LogP contribution in [-0.2, 0) is 4.79 Å². The highest BCUT2D eigenvalue weighted by Crippen LogP contribution is 2.20. The van der Waals surface area contributed by atoms with Crippen molar-refractivity contribution in [3.05, 3.63) is 71.3 Å². The molecule has 0 aromatic heterocycles. The number of carbonyl (C=O) groups excluding carboxylic acids is 2. The van der Waals surface area contributed by atoms with Crippen molar-refractivity contribution in [3.63, 3.8) is 0 Å². The van der Waals surface area contributed by atoms with Crippen molar-refractivity contribution >= 4 is 11.8 Å². The highest BCUT2D eigenvalue weighted by molar-refractivity contribution is 5.94. The van der Waals surface area contributed by atoms with Crippen LogP contribution in [0.15, 0.2) is 54.6 Å². The molecule has 5 heteroatoms. The minimum Gasteiger partial charge on any atom is -0.345 e. The van der Waals surface area contributed by atoms with E-state index in [0.717, 1.165) is 24.2 Å². The van der Waals surface area contributed by atoms with Crippen LogP contribution in [0.3, 0.4) is 0 Å². The summed E-state index contributed by atoms with van der Waals surface area (Å²) in [6, 6.07) is 17.0. The minimum atomic E-state index is -0.352. The zero-order valence-corrected chi connectivity index (χ0v) is 15.9. The van der Waals surface area contributed by atoms with Crippen molar-refractivity contribution in [3.8, 4) is 0 Å². The lowest BCUT2D eigenvalue weighted by Gasteiger charge is -2.35. The first-order valence-corrected chi connectivity index (χ1v) is 9.47. The van der Waals surface area contributed by atoms with Crippen LogP contribution in [0, 0.1) is 6.92 Å². The summed E-state index contributed by atoms with van der Waals surface area (Å²) in [7, 11) is 0. The van der Waals surface area contributed by atoms with E-state index in [1.54, 1.807) is 0 Å². The molecule has 27 heavy (non-hydrogen) atoms. The van der Waals surface area contributed by atoms with Crippen molar-refractivity contribution in [2.75, 3.05) is 19.6 Å². The molecule has 0 radical (unpaired) electrons. The lowest BCUT2D eigenvalue weighted by atomic mass is 10.0. The molecule has 0 aliphatic carbocycles. The van der Waals surface area contributed by atoms with Crippen molar-refractivity contribution in [2.24, 2.45) is 0 Å². The third-order valence-corrected chi connectivity index (χ3v) is 5.02. The van der Waals surface area contributed by atoms with E-state index in [2.05, 4.69) is 10.6 Å². The number of aryl methyl sites for hydroxylation is 1. The predicted octanol–water partition coefficient (Wildman–Crippen LogP) is 2.68. The maximum absolute atomic E-state index is 12.9. The molecular formula is C22H27N3O2. The molecule has 1 saturated heterocycles. The molecule has 1 aliphatic rings. The van der Waals surface area contributed by atoms with E-state index in [4.69, 9.17) is 0 Å². The molecule has 0 saturated carbocycles. The molecule has 3 rings (SSSR count). The van der Waals surface area contributed by atoms with Crippen LogP contribution in [0.4, 0.5) is 0 Å². The van der Waals surface area contributed by atoms with E-state index >= 15 is 0 Å². The maximum atomic E-state index is 12.9. The molecule has 0 bridgehead atoms. The fraction of sp³-hybridized carbons (Fsp3) is 0.364. The van der Waals surface area contributed by atoms with E-state index in [1.807, 2.05) is 73.3 Å². The van der Waals surface area contributed by atoms with E-state index in [-0.39, 0.29) is 30.3 Å². The standard InChI is InChI=1S/C22H27N3O2/c1-16-8-10-19(11-9-16)22(27)24-20(18-6-4-3-5-7-18)14-21(26)25-13-12-23-15-17(25)2/h3-11,17,20,23H,12-15H2,1-2H3,(H,24,27)/t17-,20?/m1/s1. The number of benzene rings is 2. The average Bonchev–Trinajstić information content (AvgIpc) is 2.69. The quantitative estimate of drug-likeness (QED) is 0.856. The predicted molar refractivity (Wildman–Crippen MR) is 106 cm³/mol. The fourth-order valence-electron chi connectivity index (χ4n) is 3.39. The number of amides is 2. The van der Waals surface area contributed by atoms with Crippen molar-refractivity contribution in [1.29, 1.82) is 0 Å². The largest absolute Gasteiger partial charge is 0.345 e. The summed E-state index contributed by atoms with van der Waals surface area (Å²) in [4.78, 5) is 27.5. The molecule has 1 aliphatic heterocycles. The number of nitrogens with one attached hydrogen (secondary N) is 2. The van der Waals surface area contributed by atoms with Gasteiger partial charge in [0.15, 0.2) is 0 Å². The molecule has 2 aromatic carbocycles. The highest BCUT2D eigenvalue weighted by atomic mass is 16.2. The molecule has 142 valence electrons. The molecule has 1 heterocycles. The van der Waals surface area contributed by atoms with Crippen LogP contribution in [0.5, 0.6) is 0 Å². The van der Waals surface area contributed by atoms with Gasteiger partial charge in [-0.15, -0.1) is 0 Å². The Kier molecular flexibility index (Phi) is 6.24. The van der Waals surface area contributed by atoms with Gasteiger partial charge in [0, 0.05) is 31.2 Å². The van der Waals surface area contributed by atoms with E-state index in [9.17, 15) is 9.59 Å². The van der Waals surface area contributed by atoms with Gasteiger partial charge in [-0.25, -0.2) is 0 Å². The average molecular weight is 365 g/mol. The number of carbonyl (C=O) groups is 2. The first kappa shape index (κ1) is 19.1. The summed E-state index contributed by atoms with van der Waals surface area (Å²) in [6.45, 7) is 6.35. The number of rotatable bonds is 5. The normalized spacial score (nSPS) is 18.0. The van der Waals surface area contributed by atoms with Crippen LogP contribution in [0.1, 0.15) is 40.9 Å². The third kappa shape index (κ3) is 4.95. The van der Waals surface area contributed by atoms with E-state index in [0.29, 0.717) is 12.1 Å². The Hall–Kier alpha value is -2.66. The SMILES string of the molecule is Cc1ccc(C(=O)NC(CC(=O)N2CCNC[C@H]2C)c2ccccc2)cc1. The van der Waals surface area contributed by atoms with Gasteiger partial charge < -0.3 is 15.5 Å². The van der Waals surface area contributed by atoms with Gasteiger partial charge in [0.25, 0.3) is 5.91 Å². The van der Waals surface area contributed by atoms with Crippen LogP contribution in [0.2, 0.25) is 0 Å². The summed E-state index contributed by atoms with van der Waals surface area (Å²) in [5.41, 5.74) is 2.65. The lowest BCUT2D eigenvalue weighted by molar-refractivity contribution is -0.134. The Morgan fingerprint density at radius 2 is 1.85 bits per heavy atom. The summed E-state index contributed by atoms with van der Waals surface area (Å²) in [5, 5.41) is 6.35. The topological polar surface area (TPSA) is 61.4 Å². The molecule has 2 atom stereocenters. The second-order valence-electron chi connectivity index (χ2n) is 7.15. The first-order chi connectivity index (χ1) is 13.0. The Morgan fingerprint density at radius 1 is 1.15 bits per heavy atom. The van der Waals surface area contributed by atoms with Crippen LogP contribution < -0.4 is 10.6 Å². The molecule has 2 aromatic rings. The van der Waals surface area contributed by atoms with Crippen LogP contribution in [-0.4, -0.2) is 42.4 Å². The molecule has 2 amide bonds. The van der Waals surface area contributed by atoms with Gasteiger partial charge in [0.05, 0.1) is 12.5 Å². The van der Waals surface area contributed by atoms with Crippen LogP contribution >= 0.6 is 0 Å². The lowest BCUT2D eigenvalue weighted by Crippen LogP contribution is -2.52. The Morgan fingerprint density at radius 3 is 2.52 bits per heavy atom. The van der Waals surface area contributed by atoms with Gasteiger partial charge in [-0.3, -0.25) is 9.59 Å². The summed E-state index contributed by atoms with van der Waals surface area (Å²) in [5.74, 6) is -0.0907. The Bertz CT molecular complexity index is 774. The van der Waals surface area contributed by atoms with Crippen molar-refractivity contribution in [2.45, 2.75) is 32.4 Å². The number of piperazine rings is 1. The zero-order valence-electron chi connectivity index (χ0n) is 15.9. The maximum Gasteiger partial charge on any atom is 0.251 e. The Labute approximate surface area is 160 Å². The summed E-state index contributed by atoms with van der Waals surface area (Å²) >= 11 is 0. The van der Waals surface area contributed by atoms with Crippen LogP contribution in [0.25, 0.3) is 0 Å². The van der Waals surface area contributed by atoms with Gasteiger partial charge in [-0.1, -0.05) is 48.0 Å². The van der Waals surface area contributed by atoms with E-state index in [1.165, 1.54) is 0 Å². The minimum absolute atomic E-state index is 0.0714. The molecule has 1 fully saturated rings. The number of hydrogen-bond donors (Lipinski definition) is 2. The second kappa shape index (κ2) is 8.82.